The highest BCUT2D eigenvalue weighted by Gasteiger charge is 2.13. The van der Waals surface area contributed by atoms with Gasteiger partial charge < -0.3 is 5.32 Å². The fraction of sp³-hybridized carbons (Fsp3) is 0.250. The van der Waals surface area contributed by atoms with Crippen LogP contribution < -0.4 is 5.32 Å². The Kier molecular flexibility index (Phi) is 5.25. The van der Waals surface area contributed by atoms with Crippen molar-refractivity contribution in [1.82, 2.24) is 5.32 Å². The van der Waals surface area contributed by atoms with E-state index in [2.05, 4.69) is 72.1 Å². The summed E-state index contributed by atoms with van der Waals surface area (Å²) in [5, 5.41) is 4.40. The van der Waals surface area contributed by atoms with Crippen molar-refractivity contribution in [2.45, 2.75) is 25.9 Å². The first kappa shape index (κ1) is 14.8. The quantitative estimate of drug-likeness (QED) is 0.699. The van der Waals surface area contributed by atoms with Crippen LogP contribution in [0, 0.1) is 3.57 Å². The van der Waals surface area contributed by atoms with Crippen molar-refractivity contribution in [3.05, 3.63) is 68.3 Å². The molecule has 0 aromatic heterocycles. The molecule has 0 radical (unpaired) electrons. The number of rotatable bonds is 4. The highest BCUT2D eigenvalue weighted by Crippen LogP contribution is 2.25. The van der Waals surface area contributed by atoms with Gasteiger partial charge >= 0.3 is 0 Å². The molecule has 0 fully saturated rings. The SMILES string of the molecule is CC(N[C@@H](C)c1ccccc1Cl)c1ccc(I)cc1. The van der Waals surface area contributed by atoms with Crippen molar-refractivity contribution in [3.63, 3.8) is 0 Å². The van der Waals surface area contributed by atoms with Crippen molar-refractivity contribution in [3.8, 4) is 0 Å². The molecule has 0 amide bonds. The van der Waals surface area contributed by atoms with E-state index in [1.165, 1.54) is 9.13 Å². The summed E-state index contributed by atoms with van der Waals surface area (Å²) >= 11 is 8.55. The topological polar surface area (TPSA) is 12.0 Å². The Balaban J connectivity index is 2.08. The van der Waals surface area contributed by atoms with Gasteiger partial charge in [-0.1, -0.05) is 41.9 Å². The number of hydrogen-bond donors (Lipinski definition) is 1. The Hall–Kier alpha value is -0.580. The van der Waals surface area contributed by atoms with Gasteiger partial charge in [0.2, 0.25) is 0 Å². The molecule has 1 nitrogen and oxygen atoms in total. The monoisotopic (exact) mass is 385 g/mol. The molecular weight excluding hydrogens is 369 g/mol. The third kappa shape index (κ3) is 3.94. The number of halogens is 2. The zero-order valence-electron chi connectivity index (χ0n) is 11.0. The second-order valence-electron chi connectivity index (χ2n) is 4.68. The van der Waals surface area contributed by atoms with Gasteiger partial charge in [0.05, 0.1) is 0 Å². The van der Waals surface area contributed by atoms with Crippen LogP contribution >= 0.6 is 34.2 Å². The Labute approximate surface area is 133 Å². The maximum Gasteiger partial charge on any atom is 0.0453 e. The Morgan fingerprint density at radius 2 is 1.58 bits per heavy atom. The Morgan fingerprint density at radius 3 is 2.21 bits per heavy atom. The van der Waals surface area contributed by atoms with Gasteiger partial charge in [-0.3, -0.25) is 0 Å². The van der Waals surface area contributed by atoms with Crippen molar-refractivity contribution in [2.24, 2.45) is 0 Å². The van der Waals surface area contributed by atoms with Crippen molar-refractivity contribution < 1.29 is 0 Å². The van der Waals surface area contributed by atoms with E-state index in [9.17, 15) is 0 Å². The molecule has 2 atom stereocenters. The molecule has 2 aromatic carbocycles. The summed E-state index contributed by atoms with van der Waals surface area (Å²) in [6, 6.07) is 17.1. The lowest BCUT2D eigenvalue weighted by molar-refractivity contribution is 0.495. The molecule has 0 aliphatic heterocycles. The van der Waals surface area contributed by atoms with E-state index in [1.807, 2.05) is 18.2 Å². The van der Waals surface area contributed by atoms with Crippen LogP contribution in [0.25, 0.3) is 0 Å². The lowest BCUT2D eigenvalue weighted by Gasteiger charge is -2.21. The molecule has 0 saturated carbocycles. The maximum atomic E-state index is 6.23. The second-order valence-corrected chi connectivity index (χ2v) is 6.34. The normalized spacial score (nSPS) is 14.1. The van der Waals surface area contributed by atoms with Gasteiger partial charge in [0.15, 0.2) is 0 Å². The van der Waals surface area contributed by atoms with E-state index in [0.717, 1.165) is 10.6 Å². The van der Waals surface area contributed by atoms with Gasteiger partial charge in [-0.25, -0.2) is 0 Å². The van der Waals surface area contributed by atoms with E-state index in [0.29, 0.717) is 6.04 Å². The Morgan fingerprint density at radius 1 is 0.947 bits per heavy atom. The van der Waals surface area contributed by atoms with Crippen LogP contribution in [0.15, 0.2) is 48.5 Å². The summed E-state index contributed by atoms with van der Waals surface area (Å²) in [6.07, 6.45) is 0. The molecule has 0 aliphatic rings. The fourth-order valence-corrected chi connectivity index (χ4v) is 2.80. The van der Waals surface area contributed by atoms with Crippen LogP contribution in [0.2, 0.25) is 5.02 Å². The molecule has 1 unspecified atom stereocenters. The highest BCUT2D eigenvalue weighted by molar-refractivity contribution is 14.1. The third-order valence-corrected chi connectivity index (χ3v) is 4.31. The first-order valence-electron chi connectivity index (χ1n) is 6.34. The minimum absolute atomic E-state index is 0.225. The van der Waals surface area contributed by atoms with E-state index in [-0.39, 0.29) is 6.04 Å². The minimum atomic E-state index is 0.225. The molecule has 0 saturated heterocycles. The predicted octanol–water partition coefficient (Wildman–Crippen LogP) is 5.36. The van der Waals surface area contributed by atoms with E-state index < -0.39 is 0 Å². The van der Waals surface area contributed by atoms with Crippen LogP contribution in [0.1, 0.15) is 37.1 Å². The van der Waals surface area contributed by atoms with Gasteiger partial charge in [0.1, 0.15) is 0 Å². The van der Waals surface area contributed by atoms with Crippen LogP contribution in [-0.2, 0) is 0 Å². The lowest BCUT2D eigenvalue weighted by Crippen LogP contribution is -2.22. The van der Waals surface area contributed by atoms with Gasteiger partial charge in [-0.2, -0.15) is 0 Å². The number of hydrogen-bond acceptors (Lipinski definition) is 1. The highest BCUT2D eigenvalue weighted by atomic mass is 127. The molecule has 0 heterocycles. The first-order valence-corrected chi connectivity index (χ1v) is 7.79. The molecule has 3 heteroatoms. The second kappa shape index (κ2) is 6.73. The van der Waals surface area contributed by atoms with Gasteiger partial charge in [-0.05, 0) is 65.8 Å². The van der Waals surface area contributed by atoms with Crippen molar-refractivity contribution >= 4 is 34.2 Å². The van der Waals surface area contributed by atoms with Crippen LogP contribution in [-0.4, -0.2) is 0 Å². The van der Waals surface area contributed by atoms with Crippen LogP contribution in [0.5, 0.6) is 0 Å². The van der Waals surface area contributed by atoms with Gasteiger partial charge in [-0.15, -0.1) is 0 Å². The van der Waals surface area contributed by atoms with E-state index in [1.54, 1.807) is 0 Å². The molecule has 2 rings (SSSR count). The van der Waals surface area contributed by atoms with Crippen LogP contribution in [0.4, 0.5) is 0 Å². The zero-order valence-corrected chi connectivity index (χ0v) is 13.9. The fourth-order valence-electron chi connectivity index (χ4n) is 2.14. The van der Waals surface area contributed by atoms with E-state index in [4.69, 9.17) is 11.6 Å². The summed E-state index contributed by atoms with van der Waals surface area (Å²) in [6.45, 7) is 4.32. The lowest BCUT2D eigenvalue weighted by atomic mass is 10.0. The molecule has 1 N–H and O–H groups in total. The molecule has 100 valence electrons. The number of nitrogens with one attached hydrogen (secondary N) is 1. The zero-order chi connectivity index (χ0) is 13.8. The van der Waals surface area contributed by atoms with Crippen molar-refractivity contribution in [2.75, 3.05) is 0 Å². The number of benzene rings is 2. The smallest absolute Gasteiger partial charge is 0.0453 e. The standard InChI is InChI=1S/C16H17ClIN/c1-11(13-7-9-14(18)10-8-13)19-12(2)15-5-3-4-6-16(15)17/h3-12,19H,1-2H3/t11?,12-/m0/s1. The molecule has 0 bridgehead atoms. The third-order valence-electron chi connectivity index (χ3n) is 3.24. The largest absolute Gasteiger partial charge is 0.304 e. The van der Waals surface area contributed by atoms with E-state index >= 15 is 0 Å². The average Bonchev–Trinajstić information content (AvgIpc) is 2.39. The maximum absolute atomic E-state index is 6.23. The Bertz CT molecular complexity index is 539. The summed E-state index contributed by atoms with van der Waals surface area (Å²) in [5.74, 6) is 0. The molecule has 2 aromatic rings. The van der Waals surface area contributed by atoms with Crippen LogP contribution in [0.3, 0.4) is 0 Å². The molecule has 19 heavy (non-hydrogen) atoms. The first-order chi connectivity index (χ1) is 9.08. The van der Waals surface area contributed by atoms with Gasteiger partial charge in [0, 0.05) is 20.7 Å². The average molecular weight is 386 g/mol. The summed E-state index contributed by atoms with van der Waals surface area (Å²) < 4.78 is 1.26. The summed E-state index contributed by atoms with van der Waals surface area (Å²) in [5.41, 5.74) is 2.43. The summed E-state index contributed by atoms with van der Waals surface area (Å²) in [7, 11) is 0. The van der Waals surface area contributed by atoms with Crippen molar-refractivity contribution in [1.29, 1.82) is 0 Å². The minimum Gasteiger partial charge on any atom is -0.304 e. The molecule has 0 aliphatic carbocycles. The predicted molar refractivity (Wildman–Crippen MR) is 90.6 cm³/mol. The molecular formula is C16H17ClIN. The van der Waals surface area contributed by atoms with Gasteiger partial charge in [0.25, 0.3) is 0 Å². The summed E-state index contributed by atoms with van der Waals surface area (Å²) in [4.78, 5) is 0. The molecule has 0 spiro atoms.